The van der Waals surface area contributed by atoms with Crippen LogP contribution in [0, 0.1) is 0 Å². The Morgan fingerprint density at radius 3 is 2.50 bits per heavy atom. The molecule has 4 heteroatoms. The molecule has 3 aromatic carbocycles. The predicted molar refractivity (Wildman–Crippen MR) is 112 cm³/mol. The first-order valence-electron chi connectivity index (χ1n) is 9.76. The molecular formula is C24H26N2O2. The van der Waals surface area contributed by atoms with E-state index in [1.165, 1.54) is 10.9 Å². The van der Waals surface area contributed by atoms with E-state index in [1.54, 1.807) is 7.11 Å². The largest absolute Gasteiger partial charge is 0.497 e. The second kappa shape index (κ2) is 8.03. The monoisotopic (exact) mass is 374 g/mol. The Labute approximate surface area is 166 Å². The predicted octanol–water partition coefficient (Wildman–Crippen LogP) is 4.30. The van der Waals surface area contributed by atoms with Crippen molar-refractivity contribution in [2.24, 2.45) is 0 Å². The molecule has 1 aliphatic rings. The summed E-state index contributed by atoms with van der Waals surface area (Å²) in [5.41, 5.74) is 2.20. The molecule has 0 bridgehead atoms. The first-order chi connectivity index (χ1) is 13.6. The van der Waals surface area contributed by atoms with Crippen molar-refractivity contribution in [1.82, 2.24) is 10.2 Å². The van der Waals surface area contributed by atoms with Gasteiger partial charge in [0.25, 0.3) is 0 Å². The smallest absolute Gasteiger partial charge is 0.242 e. The number of hydrogen-bond acceptors (Lipinski definition) is 3. The minimum Gasteiger partial charge on any atom is -0.497 e. The number of carbonyl (C=O) groups is 1. The van der Waals surface area contributed by atoms with Crippen LogP contribution in [0.1, 0.15) is 30.0 Å². The number of ether oxygens (including phenoxy) is 1. The van der Waals surface area contributed by atoms with Crippen molar-refractivity contribution in [3.8, 4) is 5.75 Å². The molecule has 4 rings (SSSR count). The highest BCUT2D eigenvalue weighted by molar-refractivity contribution is 5.85. The SMILES string of the molecule is COc1ccc2cc(CN(C)[C@@H](C(=O)NC3CC3)c3ccccc3)ccc2c1. The fourth-order valence-corrected chi connectivity index (χ4v) is 3.63. The zero-order valence-corrected chi connectivity index (χ0v) is 16.4. The van der Waals surface area contributed by atoms with Crippen LogP contribution in [-0.2, 0) is 11.3 Å². The topological polar surface area (TPSA) is 41.6 Å². The highest BCUT2D eigenvalue weighted by Crippen LogP contribution is 2.27. The Hall–Kier alpha value is -2.85. The van der Waals surface area contributed by atoms with Gasteiger partial charge in [0, 0.05) is 12.6 Å². The highest BCUT2D eigenvalue weighted by atomic mass is 16.5. The van der Waals surface area contributed by atoms with Crippen molar-refractivity contribution in [2.75, 3.05) is 14.2 Å². The van der Waals surface area contributed by atoms with Gasteiger partial charge in [-0.15, -0.1) is 0 Å². The Morgan fingerprint density at radius 2 is 1.79 bits per heavy atom. The number of likely N-dealkylation sites (N-methyl/N-ethyl adjacent to an activating group) is 1. The minimum absolute atomic E-state index is 0.0849. The number of benzene rings is 3. The second-order valence-corrected chi connectivity index (χ2v) is 7.56. The van der Waals surface area contributed by atoms with Crippen LogP contribution < -0.4 is 10.1 Å². The van der Waals surface area contributed by atoms with E-state index in [1.807, 2.05) is 49.5 Å². The van der Waals surface area contributed by atoms with Gasteiger partial charge < -0.3 is 10.1 Å². The van der Waals surface area contributed by atoms with Crippen LogP contribution in [0.25, 0.3) is 10.8 Å². The molecule has 0 saturated heterocycles. The Kier molecular flexibility index (Phi) is 5.31. The summed E-state index contributed by atoms with van der Waals surface area (Å²) in [5.74, 6) is 0.944. The summed E-state index contributed by atoms with van der Waals surface area (Å²) < 4.78 is 5.31. The molecule has 0 aromatic heterocycles. The van der Waals surface area contributed by atoms with Gasteiger partial charge in [-0.2, -0.15) is 0 Å². The van der Waals surface area contributed by atoms with Gasteiger partial charge in [0.15, 0.2) is 0 Å². The van der Waals surface area contributed by atoms with Gasteiger partial charge in [0.05, 0.1) is 7.11 Å². The number of methoxy groups -OCH3 is 1. The molecule has 1 amide bonds. The molecule has 0 heterocycles. The van der Waals surface area contributed by atoms with Crippen molar-refractivity contribution < 1.29 is 9.53 Å². The lowest BCUT2D eigenvalue weighted by Crippen LogP contribution is -2.39. The lowest BCUT2D eigenvalue weighted by molar-refractivity contribution is -0.126. The molecule has 0 spiro atoms. The van der Waals surface area contributed by atoms with E-state index in [0.29, 0.717) is 12.6 Å². The van der Waals surface area contributed by atoms with Crippen LogP contribution in [-0.4, -0.2) is 31.0 Å². The van der Waals surface area contributed by atoms with Crippen LogP contribution in [0.5, 0.6) is 5.75 Å². The standard InChI is InChI=1S/C24H26N2O2/c1-26(16-17-8-9-20-15-22(28-2)13-10-19(20)14-17)23(18-6-4-3-5-7-18)24(27)25-21-11-12-21/h3-10,13-15,21,23H,11-12,16H2,1-2H3,(H,25,27)/t23-/m1/s1. The van der Waals surface area contributed by atoms with Gasteiger partial charge in [-0.3, -0.25) is 9.69 Å². The number of amides is 1. The van der Waals surface area contributed by atoms with Gasteiger partial charge in [0.2, 0.25) is 5.91 Å². The minimum atomic E-state index is -0.298. The number of hydrogen-bond donors (Lipinski definition) is 1. The number of nitrogens with one attached hydrogen (secondary N) is 1. The molecular weight excluding hydrogens is 348 g/mol. The first-order valence-corrected chi connectivity index (χ1v) is 9.76. The molecule has 144 valence electrons. The lowest BCUT2D eigenvalue weighted by Gasteiger charge is -2.28. The number of rotatable bonds is 7. The zero-order valence-electron chi connectivity index (χ0n) is 16.4. The van der Waals surface area contributed by atoms with Crippen LogP contribution in [0.15, 0.2) is 66.7 Å². The molecule has 1 fully saturated rings. The summed E-state index contributed by atoms with van der Waals surface area (Å²) in [5, 5.41) is 5.49. The fourth-order valence-electron chi connectivity index (χ4n) is 3.63. The maximum atomic E-state index is 12.9. The number of carbonyl (C=O) groups excluding carboxylic acids is 1. The van der Waals surface area contributed by atoms with Gasteiger partial charge in [0.1, 0.15) is 11.8 Å². The molecule has 4 nitrogen and oxygen atoms in total. The highest BCUT2D eigenvalue weighted by Gasteiger charge is 2.30. The summed E-state index contributed by atoms with van der Waals surface area (Å²) in [6.07, 6.45) is 2.18. The van der Waals surface area contributed by atoms with E-state index < -0.39 is 0 Å². The summed E-state index contributed by atoms with van der Waals surface area (Å²) >= 11 is 0. The van der Waals surface area contributed by atoms with E-state index in [-0.39, 0.29) is 11.9 Å². The molecule has 1 saturated carbocycles. The molecule has 28 heavy (non-hydrogen) atoms. The van der Waals surface area contributed by atoms with E-state index in [4.69, 9.17) is 4.74 Å². The van der Waals surface area contributed by atoms with Crippen molar-refractivity contribution in [3.05, 3.63) is 77.9 Å². The van der Waals surface area contributed by atoms with Crippen molar-refractivity contribution in [3.63, 3.8) is 0 Å². The van der Waals surface area contributed by atoms with Gasteiger partial charge in [-0.1, -0.05) is 48.5 Å². The molecule has 0 aliphatic heterocycles. The molecule has 0 unspecified atom stereocenters. The Balaban J connectivity index is 1.57. The Morgan fingerprint density at radius 1 is 1.07 bits per heavy atom. The quantitative estimate of drug-likeness (QED) is 0.670. The Bertz CT molecular complexity index is 967. The molecule has 1 aliphatic carbocycles. The summed E-state index contributed by atoms with van der Waals surface area (Å²) in [6, 6.07) is 22.6. The first kappa shape index (κ1) is 18.5. The number of nitrogens with zero attached hydrogens (tertiary/aromatic N) is 1. The third kappa shape index (κ3) is 4.18. The average Bonchev–Trinajstić information content (AvgIpc) is 3.52. The summed E-state index contributed by atoms with van der Waals surface area (Å²) in [6.45, 7) is 0.694. The van der Waals surface area contributed by atoms with Crippen molar-refractivity contribution in [2.45, 2.75) is 31.5 Å². The fraction of sp³-hybridized carbons (Fsp3) is 0.292. The molecule has 3 aromatic rings. The van der Waals surface area contributed by atoms with E-state index in [2.05, 4.69) is 34.5 Å². The van der Waals surface area contributed by atoms with E-state index in [9.17, 15) is 4.79 Å². The second-order valence-electron chi connectivity index (χ2n) is 7.56. The molecule has 1 atom stereocenters. The third-order valence-electron chi connectivity index (χ3n) is 5.27. The van der Waals surface area contributed by atoms with Crippen LogP contribution in [0.3, 0.4) is 0 Å². The summed E-state index contributed by atoms with van der Waals surface area (Å²) in [7, 11) is 3.70. The average molecular weight is 374 g/mol. The summed E-state index contributed by atoms with van der Waals surface area (Å²) in [4.78, 5) is 15.1. The third-order valence-corrected chi connectivity index (χ3v) is 5.27. The van der Waals surface area contributed by atoms with Crippen LogP contribution in [0.2, 0.25) is 0 Å². The van der Waals surface area contributed by atoms with Crippen molar-refractivity contribution in [1.29, 1.82) is 0 Å². The van der Waals surface area contributed by atoms with E-state index >= 15 is 0 Å². The normalized spacial score (nSPS) is 14.8. The maximum absolute atomic E-state index is 12.9. The molecule has 0 radical (unpaired) electrons. The van der Waals surface area contributed by atoms with Crippen LogP contribution in [0.4, 0.5) is 0 Å². The molecule has 1 N–H and O–H groups in total. The zero-order chi connectivity index (χ0) is 19.5. The van der Waals surface area contributed by atoms with Gasteiger partial charge in [-0.05, 0) is 60.0 Å². The lowest BCUT2D eigenvalue weighted by atomic mass is 10.0. The van der Waals surface area contributed by atoms with Gasteiger partial charge in [-0.25, -0.2) is 0 Å². The number of fused-ring (bicyclic) bond motifs is 1. The maximum Gasteiger partial charge on any atom is 0.242 e. The van der Waals surface area contributed by atoms with Gasteiger partial charge >= 0.3 is 0 Å². The van der Waals surface area contributed by atoms with E-state index in [0.717, 1.165) is 29.5 Å². The van der Waals surface area contributed by atoms with Crippen LogP contribution >= 0.6 is 0 Å². The van der Waals surface area contributed by atoms with Crippen molar-refractivity contribution >= 4 is 16.7 Å².